The number of hydrogen-bond donors (Lipinski definition) is 2. The van der Waals surface area contributed by atoms with Gasteiger partial charge in [-0.15, -0.1) is 0 Å². The Morgan fingerprint density at radius 2 is 2.00 bits per heavy atom. The molecule has 1 aliphatic heterocycles. The first kappa shape index (κ1) is 14.9. The lowest BCUT2D eigenvalue weighted by molar-refractivity contribution is 0.0574. The predicted octanol–water partition coefficient (Wildman–Crippen LogP) is 1.86. The monoisotopic (exact) mass is 242 g/mol. The summed E-state index contributed by atoms with van der Waals surface area (Å²) in [5, 5.41) is 13.4. The summed E-state index contributed by atoms with van der Waals surface area (Å²) in [6, 6.07) is 0.614. The number of piperidine rings is 1. The van der Waals surface area contributed by atoms with E-state index in [0.29, 0.717) is 12.6 Å². The number of hydrogen-bond acceptors (Lipinski definition) is 3. The molecular formula is C14H30N2O. The molecule has 0 saturated carbocycles. The normalized spacial score (nSPS) is 29.3. The Morgan fingerprint density at radius 1 is 1.35 bits per heavy atom. The lowest BCUT2D eigenvalue weighted by Crippen LogP contribution is -2.48. The van der Waals surface area contributed by atoms with Gasteiger partial charge in [-0.2, -0.15) is 0 Å². The summed E-state index contributed by atoms with van der Waals surface area (Å²) in [4.78, 5) is 2.43. The fourth-order valence-corrected chi connectivity index (χ4v) is 2.49. The van der Waals surface area contributed by atoms with Crippen LogP contribution in [0, 0.1) is 5.92 Å². The van der Waals surface area contributed by atoms with Gasteiger partial charge in [0.25, 0.3) is 0 Å². The first-order chi connectivity index (χ1) is 7.78. The molecule has 1 aliphatic rings. The van der Waals surface area contributed by atoms with Crippen LogP contribution in [0.15, 0.2) is 0 Å². The molecule has 0 radical (unpaired) electrons. The zero-order chi connectivity index (χ0) is 13.1. The summed E-state index contributed by atoms with van der Waals surface area (Å²) in [7, 11) is 0. The fourth-order valence-electron chi connectivity index (χ4n) is 2.49. The molecule has 0 bridgehead atoms. The van der Waals surface area contributed by atoms with E-state index in [2.05, 4.69) is 44.8 Å². The molecular weight excluding hydrogens is 212 g/mol. The van der Waals surface area contributed by atoms with Crippen LogP contribution in [-0.2, 0) is 0 Å². The molecule has 3 heteroatoms. The van der Waals surface area contributed by atoms with Crippen LogP contribution in [0.2, 0.25) is 0 Å². The molecule has 0 aromatic heterocycles. The molecule has 3 atom stereocenters. The van der Waals surface area contributed by atoms with Gasteiger partial charge in [0.15, 0.2) is 0 Å². The van der Waals surface area contributed by atoms with Crippen molar-refractivity contribution in [3.05, 3.63) is 0 Å². The molecule has 0 amide bonds. The van der Waals surface area contributed by atoms with Gasteiger partial charge in [0.2, 0.25) is 0 Å². The summed E-state index contributed by atoms with van der Waals surface area (Å²) < 4.78 is 0. The second-order valence-electron chi connectivity index (χ2n) is 6.76. The highest BCUT2D eigenvalue weighted by Gasteiger charge is 2.24. The first-order valence-corrected chi connectivity index (χ1v) is 6.95. The van der Waals surface area contributed by atoms with E-state index in [1.54, 1.807) is 0 Å². The van der Waals surface area contributed by atoms with Crippen molar-refractivity contribution in [2.45, 2.75) is 65.1 Å². The Morgan fingerprint density at radius 3 is 2.53 bits per heavy atom. The molecule has 3 nitrogen and oxygen atoms in total. The van der Waals surface area contributed by atoms with E-state index in [-0.39, 0.29) is 11.6 Å². The molecule has 1 rings (SSSR count). The molecule has 1 heterocycles. The van der Waals surface area contributed by atoms with Crippen molar-refractivity contribution in [1.29, 1.82) is 0 Å². The molecule has 3 unspecified atom stereocenters. The quantitative estimate of drug-likeness (QED) is 0.790. The van der Waals surface area contributed by atoms with E-state index < -0.39 is 0 Å². The zero-order valence-corrected chi connectivity index (χ0v) is 12.2. The summed E-state index contributed by atoms with van der Waals surface area (Å²) >= 11 is 0. The number of β-amino-alcohol motifs (C(OH)–C–C–N with tert-alkyl or cyclic N) is 1. The average Bonchev–Trinajstić information content (AvgIpc) is 2.18. The van der Waals surface area contributed by atoms with E-state index in [4.69, 9.17) is 0 Å². The van der Waals surface area contributed by atoms with Gasteiger partial charge in [-0.05, 0) is 53.0 Å². The fraction of sp³-hybridized carbons (Fsp3) is 1.00. The van der Waals surface area contributed by atoms with E-state index in [1.165, 1.54) is 12.8 Å². The third kappa shape index (κ3) is 5.84. The third-order valence-corrected chi connectivity index (χ3v) is 3.59. The molecule has 0 aliphatic carbocycles. The third-order valence-electron chi connectivity index (χ3n) is 3.59. The number of aliphatic hydroxyl groups is 1. The second kappa shape index (κ2) is 6.17. The summed E-state index contributed by atoms with van der Waals surface area (Å²) in [6.45, 7) is 13.6. The molecule has 0 aromatic carbocycles. The molecule has 0 spiro atoms. The minimum absolute atomic E-state index is 0.0863. The highest BCUT2D eigenvalue weighted by atomic mass is 16.3. The van der Waals surface area contributed by atoms with Gasteiger partial charge in [0, 0.05) is 24.7 Å². The van der Waals surface area contributed by atoms with Crippen LogP contribution in [0.4, 0.5) is 0 Å². The lowest BCUT2D eigenvalue weighted by Gasteiger charge is -2.38. The van der Waals surface area contributed by atoms with Gasteiger partial charge in [0.1, 0.15) is 0 Å². The Bertz CT molecular complexity index is 225. The maximum Gasteiger partial charge on any atom is 0.0791 e. The maximum atomic E-state index is 10.0. The van der Waals surface area contributed by atoms with Crippen molar-refractivity contribution in [3.8, 4) is 0 Å². The van der Waals surface area contributed by atoms with Gasteiger partial charge < -0.3 is 10.4 Å². The summed E-state index contributed by atoms with van der Waals surface area (Å²) in [5.41, 5.74) is 0.0863. The highest BCUT2D eigenvalue weighted by molar-refractivity contribution is 4.80. The van der Waals surface area contributed by atoms with E-state index >= 15 is 0 Å². The number of rotatable bonds is 4. The zero-order valence-electron chi connectivity index (χ0n) is 12.2. The predicted molar refractivity (Wildman–Crippen MR) is 73.2 cm³/mol. The van der Waals surface area contributed by atoms with Gasteiger partial charge in [-0.1, -0.05) is 6.92 Å². The standard InChI is InChI=1S/C14H30N2O/c1-11-6-7-16(12(2)8-11)10-13(17)9-15-14(3,4)5/h11-13,15,17H,6-10H2,1-5H3. The van der Waals surface area contributed by atoms with Crippen LogP contribution in [0.1, 0.15) is 47.5 Å². The summed E-state index contributed by atoms with van der Waals surface area (Å²) in [5.74, 6) is 0.839. The van der Waals surface area contributed by atoms with Crippen molar-refractivity contribution in [3.63, 3.8) is 0 Å². The Balaban J connectivity index is 2.28. The topological polar surface area (TPSA) is 35.5 Å². The molecule has 0 aromatic rings. The molecule has 2 N–H and O–H groups in total. The highest BCUT2D eigenvalue weighted by Crippen LogP contribution is 2.21. The van der Waals surface area contributed by atoms with Crippen molar-refractivity contribution >= 4 is 0 Å². The molecule has 102 valence electrons. The summed E-state index contributed by atoms with van der Waals surface area (Å²) in [6.07, 6.45) is 2.27. The second-order valence-corrected chi connectivity index (χ2v) is 6.76. The molecule has 17 heavy (non-hydrogen) atoms. The Kier molecular flexibility index (Phi) is 5.42. The van der Waals surface area contributed by atoms with Gasteiger partial charge in [-0.3, -0.25) is 4.90 Å². The van der Waals surface area contributed by atoms with Crippen molar-refractivity contribution in [2.75, 3.05) is 19.6 Å². The minimum Gasteiger partial charge on any atom is -0.390 e. The van der Waals surface area contributed by atoms with E-state index in [9.17, 15) is 5.11 Å². The average molecular weight is 242 g/mol. The van der Waals surface area contributed by atoms with Crippen molar-refractivity contribution in [2.24, 2.45) is 5.92 Å². The van der Waals surface area contributed by atoms with Gasteiger partial charge in [-0.25, -0.2) is 0 Å². The number of aliphatic hydroxyl groups excluding tert-OH is 1. The van der Waals surface area contributed by atoms with Crippen LogP contribution in [0.5, 0.6) is 0 Å². The van der Waals surface area contributed by atoms with E-state index in [1.807, 2.05) is 0 Å². The van der Waals surface area contributed by atoms with Gasteiger partial charge >= 0.3 is 0 Å². The number of nitrogens with zero attached hydrogens (tertiary/aromatic N) is 1. The van der Waals surface area contributed by atoms with Crippen molar-refractivity contribution < 1.29 is 5.11 Å². The molecule has 1 fully saturated rings. The number of nitrogens with one attached hydrogen (secondary N) is 1. The smallest absolute Gasteiger partial charge is 0.0791 e. The minimum atomic E-state index is -0.259. The largest absolute Gasteiger partial charge is 0.390 e. The SMILES string of the molecule is CC1CCN(CC(O)CNC(C)(C)C)C(C)C1. The van der Waals surface area contributed by atoms with Crippen LogP contribution in [0.25, 0.3) is 0 Å². The Hall–Kier alpha value is -0.120. The Labute approximate surface area is 107 Å². The van der Waals surface area contributed by atoms with Crippen molar-refractivity contribution in [1.82, 2.24) is 10.2 Å². The first-order valence-electron chi connectivity index (χ1n) is 6.95. The maximum absolute atomic E-state index is 10.0. The molecule has 1 saturated heterocycles. The number of likely N-dealkylation sites (tertiary alicyclic amines) is 1. The lowest BCUT2D eigenvalue weighted by atomic mass is 9.93. The van der Waals surface area contributed by atoms with Crippen LogP contribution in [-0.4, -0.2) is 47.3 Å². The van der Waals surface area contributed by atoms with Crippen LogP contribution in [0.3, 0.4) is 0 Å². The van der Waals surface area contributed by atoms with Gasteiger partial charge in [0.05, 0.1) is 6.10 Å². The van der Waals surface area contributed by atoms with Crippen LogP contribution < -0.4 is 5.32 Å². The van der Waals surface area contributed by atoms with Crippen LogP contribution >= 0.6 is 0 Å². The van der Waals surface area contributed by atoms with E-state index in [0.717, 1.165) is 19.0 Å².